The molecule has 12 heavy (non-hydrogen) atoms. The summed E-state index contributed by atoms with van der Waals surface area (Å²) in [6, 6.07) is 0. The third-order valence-corrected chi connectivity index (χ3v) is 6.62. The van der Waals surface area contributed by atoms with Crippen molar-refractivity contribution in [1.82, 2.24) is 0 Å². The molecule has 0 atom stereocenters. The maximum absolute atomic E-state index is 2.41. The summed E-state index contributed by atoms with van der Waals surface area (Å²) in [5.41, 5.74) is 0. The summed E-state index contributed by atoms with van der Waals surface area (Å²) < 4.78 is 0.671. The molecular weight excluding hydrogens is 184 g/mol. The predicted octanol–water partition coefficient (Wildman–Crippen LogP) is 3.76. The highest BCUT2D eigenvalue weighted by molar-refractivity contribution is 8.18. The van der Waals surface area contributed by atoms with E-state index in [4.69, 9.17) is 0 Å². The van der Waals surface area contributed by atoms with E-state index in [1.807, 2.05) is 0 Å². The van der Waals surface area contributed by atoms with Crippen LogP contribution in [0.3, 0.4) is 0 Å². The molecule has 0 radical (unpaired) electrons. The van der Waals surface area contributed by atoms with Gasteiger partial charge >= 0.3 is 0 Å². The quantitative estimate of drug-likeness (QED) is 0.586. The van der Waals surface area contributed by atoms with Crippen LogP contribution in [0.25, 0.3) is 0 Å². The van der Waals surface area contributed by atoms with Gasteiger partial charge in [0.1, 0.15) is 0 Å². The van der Waals surface area contributed by atoms with Gasteiger partial charge < -0.3 is 0 Å². The van der Waals surface area contributed by atoms with E-state index in [2.05, 4.69) is 30.4 Å². The lowest BCUT2D eigenvalue weighted by Gasteiger charge is -2.40. The Morgan fingerprint density at radius 2 is 1.67 bits per heavy atom. The van der Waals surface area contributed by atoms with Crippen molar-refractivity contribution < 1.29 is 0 Å². The summed E-state index contributed by atoms with van der Waals surface area (Å²) in [4.78, 5) is 0. The summed E-state index contributed by atoms with van der Waals surface area (Å²) in [5.74, 6) is 3.83. The second-order valence-corrected chi connectivity index (χ2v) is 7.36. The Bertz CT molecular complexity index is 140. The molecule has 1 heterocycles. The monoisotopic (exact) mass is 202 g/mol. The molecule has 0 unspecified atom stereocenters. The van der Waals surface area contributed by atoms with Gasteiger partial charge in [0.2, 0.25) is 0 Å². The van der Waals surface area contributed by atoms with E-state index in [-0.39, 0.29) is 0 Å². The normalized spacial score (nSPS) is 30.8. The smallest absolute Gasteiger partial charge is 0.0611 e. The van der Waals surface area contributed by atoms with Gasteiger partial charge in [-0.25, -0.2) is 0 Å². The van der Waals surface area contributed by atoms with Crippen molar-refractivity contribution in [2.24, 2.45) is 5.92 Å². The van der Waals surface area contributed by atoms with Crippen LogP contribution < -0.4 is 0 Å². The summed E-state index contributed by atoms with van der Waals surface area (Å²) in [6.45, 7) is 2.41. The standard InChI is InChI=1S/C10H18S2/c1-9-3-5-10(6-4-9)11-7-2-8-12-10/h9H,2-8H2,1H3. The minimum Gasteiger partial charge on any atom is -0.144 e. The van der Waals surface area contributed by atoms with Gasteiger partial charge in [-0.2, -0.15) is 0 Å². The van der Waals surface area contributed by atoms with Crippen LogP contribution in [0.4, 0.5) is 0 Å². The summed E-state index contributed by atoms with van der Waals surface area (Å²) in [6.07, 6.45) is 7.33. The van der Waals surface area contributed by atoms with Gasteiger partial charge in [0.05, 0.1) is 4.08 Å². The highest BCUT2D eigenvalue weighted by Crippen LogP contribution is 2.52. The molecule has 2 fully saturated rings. The van der Waals surface area contributed by atoms with Crippen molar-refractivity contribution in [3.63, 3.8) is 0 Å². The van der Waals surface area contributed by atoms with Crippen molar-refractivity contribution in [3.8, 4) is 0 Å². The van der Waals surface area contributed by atoms with Gasteiger partial charge in [-0.1, -0.05) is 6.92 Å². The summed E-state index contributed by atoms with van der Waals surface area (Å²) in [7, 11) is 0. The fourth-order valence-electron chi connectivity index (χ4n) is 2.11. The number of rotatable bonds is 0. The maximum Gasteiger partial charge on any atom is 0.0611 e. The van der Waals surface area contributed by atoms with E-state index in [9.17, 15) is 0 Å². The Hall–Kier alpha value is 0.700. The minimum atomic E-state index is 0.671. The molecule has 0 N–H and O–H groups in total. The molecule has 0 amide bonds. The van der Waals surface area contributed by atoms with E-state index in [1.54, 1.807) is 0 Å². The minimum absolute atomic E-state index is 0.671. The van der Waals surface area contributed by atoms with Gasteiger partial charge in [-0.3, -0.25) is 0 Å². The lowest BCUT2D eigenvalue weighted by Crippen LogP contribution is -2.30. The third-order valence-electron chi connectivity index (χ3n) is 3.05. The Morgan fingerprint density at radius 1 is 1.08 bits per heavy atom. The average molecular weight is 202 g/mol. The highest BCUT2D eigenvalue weighted by Gasteiger charge is 2.36. The second-order valence-electron chi connectivity index (χ2n) is 4.14. The fourth-order valence-corrected chi connectivity index (χ4v) is 5.49. The molecule has 0 bridgehead atoms. The molecule has 0 aromatic heterocycles. The number of thioether (sulfide) groups is 2. The van der Waals surface area contributed by atoms with Gasteiger partial charge in [0.25, 0.3) is 0 Å². The maximum atomic E-state index is 2.41. The van der Waals surface area contributed by atoms with E-state index in [0.29, 0.717) is 4.08 Å². The highest BCUT2D eigenvalue weighted by atomic mass is 32.2. The van der Waals surface area contributed by atoms with E-state index >= 15 is 0 Å². The first kappa shape index (κ1) is 9.26. The van der Waals surface area contributed by atoms with Gasteiger partial charge in [-0.15, -0.1) is 23.5 Å². The zero-order chi connectivity index (χ0) is 8.44. The van der Waals surface area contributed by atoms with Crippen LogP contribution in [0, 0.1) is 5.92 Å². The van der Waals surface area contributed by atoms with Crippen LogP contribution in [0.15, 0.2) is 0 Å². The van der Waals surface area contributed by atoms with Gasteiger partial charge in [-0.05, 0) is 49.5 Å². The van der Waals surface area contributed by atoms with Crippen LogP contribution in [-0.2, 0) is 0 Å². The number of hydrogen-bond acceptors (Lipinski definition) is 2. The van der Waals surface area contributed by atoms with Gasteiger partial charge in [0, 0.05) is 0 Å². The molecule has 0 aromatic rings. The first-order chi connectivity index (χ1) is 5.81. The van der Waals surface area contributed by atoms with Crippen LogP contribution in [0.1, 0.15) is 39.0 Å². The van der Waals surface area contributed by atoms with Crippen molar-refractivity contribution >= 4 is 23.5 Å². The predicted molar refractivity (Wildman–Crippen MR) is 59.9 cm³/mol. The van der Waals surface area contributed by atoms with Crippen molar-refractivity contribution in [2.45, 2.75) is 43.1 Å². The van der Waals surface area contributed by atoms with Gasteiger partial charge in [0.15, 0.2) is 0 Å². The van der Waals surface area contributed by atoms with E-state index < -0.39 is 0 Å². The lowest BCUT2D eigenvalue weighted by atomic mass is 9.90. The molecule has 2 heteroatoms. The van der Waals surface area contributed by atoms with Crippen LogP contribution >= 0.6 is 23.5 Å². The third kappa shape index (κ3) is 1.95. The van der Waals surface area contributed by atoms with Crippen molar-refractivity contribution in [3.05, 3.63) is 0 Å². The first-order valence-electron chi connectivity index (χ1n) is 5.09. The Kier molecular flexibility index (Phi) is 2.96. The fraction of sp³-hybridized carbons (Fsp3) is 1.00. The lowest BCUT2D eigenvalue weighted by molar-refractivity contribution is 0.376. The zero-order valence-corrected chi connectivity index (χ0v) is 9.48. The first-order valence-corrected chi connectivity index (χ1v) is 7.06. The Balaban J connectivity index is 1.92. The molecule has 1 saturated carbocycles. The summed E-state index contributed by atoms with van der Waals surface area (Å²) in [5, 5.41) is 0. The molecule has 1 spiro atoms. The van der Waals surface area contributed by atoms with Crippen LogP contribution in [0.2, 0.25) is 0 Å². The zero-order valence-electron chi connectivity index (χ0n) is 7.84. The molecule has 1 aliphatic carbocycles. The van der Waals surface area contributed by atoms with Crippen molar-refractivity contribution in [1.29, 1.82) is 0 Å². The molecule has 1 saturated heterocycles. The molecular formula is C10H18S2. The Labute approximate surface area is 84.3 Å². The largest absolute Gasteiger partial charge is 0.144 e. The Morgan fingerprint density at radius 3 is 2.25 bits per heavy atom. The van der Waals surface area contributed by atoms with E-state index in [0.717, 1.165) is 5.92 Å². The number of hydrogen-bond donors (Lipinski definition) is 0. The summed E-state index contributed by atoms with van der Waals surface area (Å²) >= 11 is 4.50. The molecule has 70 valence electrons. The molecule has 2 aliphatic rings. The molecule has 0 nitrogen and oxygen atoms in total. The topological polar surface area (TPSA) is 0 Å². The average Bonchev–Trinajstić information content (AvgIpc) is 2.13. The van der Waals surface area contributed by atoms with Crippen molar-refractivity contribution in [2.75, 3.05) is 11.5 Å². The van der Waals surface area contributed by atoms with Crippen LogP contribution in [0.5, 0.6) is 0 Å². The molecule has 1 aliphatic heterocycles. The second kappa shape index (κ2) is 3.83. The van der Waals surface area contributed by atoms with Crippen LogP contribution in [-0.4, -0.2) is 15.6 Å². The van der Waals surface area contributed by atoms with E-state index in [1.165, 1.54) is 43.6 Å². The molecule has 0 aromatic carbocycles. The molecule has 2 rings (SSSR count). The SMILES string of the molecule is CC1CCC2(CC1)SCCCS2.